The number of hydrogen-bond donors (Lipinski definition) is 1. The molecule has 8 heteroatoms. The van der Waals surface area contributed by atoms with Gasteiger partial charge in [-0.1, -0.05) is 35.5 Å². The van der Waals surface area contributed by atoms with Crippen LogP contribution < -0.4 is 4.72 Å². The van der Waals surface area contributed by atoms with Crippen LogP contribution in [0.25, 0.3) is 11.1 Å². The number of halogens is 1. The topological polar surface area (TPSA) is 91.6 Å². The third-order valence-corrected chi connectivity index (χ3v) is 6.32. The van der Waals surface area contributed by atoms with Crippen LogP contribution in [0.3, 0.4) is 0 Å². The molecule has 0 aromatic heterocycles. The van der Waals surface area contributed by atoms with Gasteiger partial charge in [-0.15, -0.1) is 0 Å². The second kappa shape index (κ2) is 8.09. The van der Waals surface area contributed by atoms with Crippen molar-refractivity contribution in [1.82, 2.24) is 4.72 Å². The van der Waals surface area contributed by atoms with Crippen molar-refractivity contribution in [3.8, 4) is 17.2 Å². The highest BCUT2D eigenvalue weighted by atomic mass is 32.2. The zero-order valence-corrected chi connectivity index (χ0v) is 16.3. The summed E-state index contributed by atoms with van der Waals surface area (Å²) in [6, 6.07) is 13.6. The normalized spacial score (nSPS) is 16.5. The van der Waals surface area contributed by atoms with E-state index < -0.39 is 27.2 Å². The van der Waals surface area contributed by atoms with E-state index in [1.54, 1.807) is 50.2 Å². The predicted molar refractivity (Wildman–Crippen MR) is 105 cm³/mol. The van der Waals surface area contributed by atoms with E-state index in [1.807, 2.05) is 0 Å². The van der Waals surface area contributed by atoms with Crippen molar-refractivity contribution >= 4 is 15.7 Å². The quantitative estimate of drug-likeness (QED) is 0.805. The van der Waals surface area contributed by atoms with Gasteiger partial charge < -0.3 is 4.84 Å². The maximum absolute atomic E-state index is 14.7. The minimum absolute atomic E-state index is 0.101. The fourth-order valence-electron chi connectivity index (χ4n) is 2.81. The number of benzene rings is 2. The molecule has 0 spiro atoms. The molecule has 0 unspecified atom stereocenters. The van der Waals surface area contributed by atoms with Crippen molar-refractivity contribution in [2.45, 2.75) is 31.6 Å². The van der Waals surface area contributed by atoms with Gasteiger partial charge in [0.05, 0.1) is 29.1 Å². The molecule has 0 aliphatic carbocycles. The van der Waals surface area contributed by atoms with Crippen molar-refractivity contribution in [3.05, 3.63) is 59.4 Å². The molecule has 3 rings (SSSR count). The van der Waals surface area contributed by atoms with Gasteiger partial charge >= 0.3 is 0 Å². The van der Waals surface area contributed by atoms with Crippen molar-refractivity contribution in [1.29, 1.82) is 5.26 Å². The van der Waals surface area contributed by atoms with Gasteiger partial charge in [0, 0.05) is 23.1 Å². The molecule has 1 aliphatic heterocycles. The zero-order valence-electron chi connectivity index (χ0n) is 15.5. The number of hydrogen-bond acceptors (Lipinski definition) is 5. The minimum atomic E-state index is -3.38. The maximum atomic E-state index is 14.7. The Balaban J connectivity index is 1.73. The maximum Gasteiger partial charge on any atom is 0.214 e. The lowest BCUT2D eigenvalue weighted by Gasteiger charge is -2.12. The smallest absolute Gasteiger partial charge is 0.214 e. The van der Waals surface area contributed by atoms with E-state index in [4.69, 9.17) is 4.84 Å². The van der Waals surface area contributed by atoms with Crippen LogP contribution >= 0.6 is 0 Å². The lowest BCUT2D eigenvalue weighted by molar-refractivity contribution is 0.0891. The summed E-state index contributed by atoms with van der Waals surface area (Å²) in [5, 5.41) is 12.7. The average Bonchev–Trinajstić information content (AvgIpc) is 3.15. The molecule has 2 aromatic carbocycles. The number of sulfonamides is 1. The van der Waals surface area contributed by atoms with Gasteiger partial charge in [-0.05, 0) is 26.0 Å². The third kappa shape index (κ3) is 4.21. The second-order valence-corrected chi connectivity index (χ2v) is 9.09. The van der Waals surface area contributed by atoms with Gasteiger partial charge in [0.1, 0.15) is 11.9 Å². The Morgan fingerprint density at radius 2 is 2.04 bits per heavy atom. The molecular formula is C20H20FN3O3S. The monoisotopic (exact) mass is 401 g/mol. The van der Waals surface area contributed by atoms with E-state index in [0.717, 1.165) is 0 Å². The highest BCUT2D eigenvalue weighted by molar-refractivity contribution is 7.90. The Bertz CT molecular complexity index is 1060. The molecule has 6 nitrogen and oxygen atoms in total. The molecule has 28 heavy (non-hydrogen) atoms. The number of nitrogens with one attached hydrogen (secondary N) is 1. The fourth-order valence-corrected chi connectivity index (χ4v) is 3.56. The largest absolute Gasteiger partial charge is 0.390 e. The molecule has 0 saturated carbocycles. The summed E-state index contributed by atoms with van der Waals surface area (Å²) in [7, 11) is -3.38. The van der Waals surface area contributed by atoms with Gasteiger partial charge in [0.15, 0.2) is 0 Å². The number of rotatable bonds is 6. The number of oxime groups is 1. The molecule has 0 amide bonds. The summed E-state index contributed by atoms with van der Waals surface area (Å²) >= 11 is 0. The molecule has 0 bridgehead atoms. The lowest BCUT2D eigenvalue weighted by atomic mass is 9.97. The van der Waals surface area contributed by atoms with E-state index in [9.17, 15) is 18.1 Å². The lowest BCUT2D eigenvalue weighted by Crippen LogP contribution is -2.36. The van der Waals surface area contributed by atoms with E-state index in [2.05, 4.69) is 15.9 Å². The van der Waals surface area contributed by atoms with E-state index in [-0.39, 0.29) is 6.54 Å². The first-order valence-corrected chi connectivity index (χ1v) is 10.4. The molecular weight excluding hydrogens is 381 g/mol. The molecule has 0 fully saturated rings. The van der Waals surface area contributed by atoms with E-state index in [1.165, 1.54) is 6.07 Å². The van der Waals surface area contributed by atoms with Gasteiger partial charge in [-0.2, -0.15) is 5.26 Å². The van der Waals surface area contributed by atoms with Crippen LogP contribution in [0.2, 0.25) is 0 Å². The summed E-state index contributed by atoms with van der Waals surface area (Å²) in [6.45, 7) is 3.28. The fraction of sp³-hybridized carbons (Fsp3) is 0.300. The van der Waals surface area contributed by atoms with Crippen LogP contribution in [0, 0.1) is 17.1 Å². The van der Waals surface area contributed by atoms with Crippen LogP contribution in [0.5, 0.6) is 0 Å². The first kappa shape index (κ1) is 20.0. The van der Waals surface area contributed by atoms with Crippen LogP contribution in [0.15, 0.2) is 47.6 Å². The van der Waals surface area contributed by atoms with Crippen molar-refractivity contribution in [2.75, 3.05) is 6.54 Å². The molecule has 2 aromatic rings. The van der Waals surface area contributed by atoms with Crippen molar-refractivity contribution in [2.24, 2.45) is 5.16 Å². The molecule has 146 valence electrons. The molecule has 1 aliphatic rings. The second-order valence-electron chi connectivity index (χ2n) is 6.76. The van der Waals surface area contributed by atoms with Crippen molar-refractivity contribution < 1.29 is 17.6 Å². The van der Waals surface area contributed by atoms with Crippen molar-refractivity contribution in [3.63, 3.8) is 0 Å². The minimum Gasteiger partial charge on any atom is -0.390 e. The van der Waals surface area contributed by atoms with Crippen LogP contribution in [-0.2, 0) is 14.9 Å². The highest BCUT2D eigenvalue weighted by Crippen LogP contribution is 2.28. The SMILES string of the molecule is CC(C)S(=O)(=O)NC[C@@H]1CC(c2ccc(-c3ccccc3C#N)c(F)c2)=NO1. The van der Waals surface area contributed by atoms with Crippen LogP contribution in [-0.4, -0.2) is 32.0 Å². The summed E-state index contributed by atoms with van der Waals surface area (Å²) in [4.78, 5) is 5.28. The Kier molecular flexibility index (Phi) is 5.77. The predicted octanol–water partition coefficient (Wildman–Crippen LogP) is 3.19. The Morgan fingerprint density at radius 3 is 2.71 bits per heavy atom. The van der Waals surface area contributed by atoms with Gasteiger partial charge in [0.2, 0.25) is 10.0 Å². The van der Waals surface area contributed by atoms with Gasteiger partial charge in [-0.3, -0.25) is 0 Å². The van der Waals surface area contributed by atoms with Gasteiger partial charge in [0.25, 0.3) is 0 Å². The summed E-state index contributed by atoms with van der Waals surface area (Å²) in [5.74, 6) is -0.466. The number of nitrogens with zero attached hydrogens (tertiary/aromatic N) is 2. The average molecular weight is 401 g/mol. The molecule has 0 saturated heterocycles. The zero-order chi connectivity index (χ0) is 20.3. The Morgan fingerprint density at radius 1 is 1.29 bits per heavy atom. The summed E-state index contributed by atoms with van der Waals surface area (Å²) in [5.41, 5.74) is 2.37. The van der Waals surface area contributed by atoms with E-state index >= 15 is 0 Å². The summed E-state index contributed by atoms with van der Waals surface area (Å²) in [6.07, 6.45) is -0.0700. The Hall–Kier alpha value is -2.76. The van der Waals surface area contributed by atoms with Crippen LogP contribution in [0.1, 0.15) is 31.4 Å². The Labute approximate surface area is 163 Å². The van der Waals surface area contributed by atoms with Crippen LogP contribution in [0.4, 0.5) is 4.39 Å². The standard InChI is InChI=1S/C20H20FN3O3S/c1-13(2)28(25,26)23-12-16-10-20(24-27-16)14-7-8-18(19(21)9-14)17-6-4-3-5-15(17)11-22/h3-9,13,16,23H,10,12H2,1-2H3/t16-/m0/s1. The van der Waals surface area contributed by atoms with E-state index in [0.29, 0.717) is 34.4 Å². The van der Waals surface area contributed by atoms with Gasteiger partial charge in [-0.25, -0.2) is 17.5 Å². The molecule has 0 radical (unpaired) electrons. The third-order valence-electron chi connectivity index (χ3n) is 4.51. The summed E-state index contributed by atoms with van der Waals surface area (Å²) < 4.78 is 40.9. The highest BCUT2D eigenvalue weighted by Gasteiger charge is 2.25. The first-order chi connectivity index (χ1) is 13.3. The molecule has 1 atom stereocenters. The first-order valence-electron chi connectivity index (χ1n) is 8.82. The molecule has 1 N–H and O–H groups in total. The molecule has 1 heterocycles. The number of nitriles is 1.